The minimum atomic E-state index is -0.399. The Balaban J connectivity index is 2.22. The molecule has 1 heterocycles. The lowest BCUT2D eigenvalue weighted by atomic mass is 10.1. The highest BCUT2D eigenvalue weighted by molar-refractivity contribution is 6.33. The number of anilines is 1. The summed E-state index contributed by atoms with van der Waals surface area (Å²) in [4.78, 5) is 24.7. The topological polar surface area (TPSA) is 46.6 Å². The summed E-state index contributed by atoms with van der Waals surface area (Å²) >= 11 is 6.02. The lowest BCUT2D eigenvalue weighted by molar-refractivity contribution is -0.145. The third-order valence-corrected chi connectivity index (χ3v) is 3.12. The van der Waals surface area contributed by atoms with E-state index in [9.17, 15) is 9.59 Å². The van der Waals surface area contributed by atoms with Crippen LogP contribution in [0.15, 0.2) is 24.3 Å². The summed E-state index contributed by atoms with van der Waals surface area (Å²) in [5, 5.41) is 0.506. The van der Waals surface area contributed by atoms with Crippen LogP contribution < -0.4 is 4.90 Å². The predicted octanol–water partition coefficient (Wildman–Crippen LogP) is 1.87. The molecular formula is C12H12ClNO3. The number of hydrogen-bond acceptors (Lipinski definition) is 3. The van der Waals surface area contributed by atoms with Gasteiger partial charge >= 0.3 is 5.97 Å². The van der Waals surface area contributed by atoms with Crippen LogP contribution in [0.3, 0.4) is 0 Å². The lowest BCUT2D eigenvalue weighted by Gasteiger charge is -2.17. The molecule has 4 nitrogen and oxygen atoms in total. The highest BCUT2D eigenvalue weighted by atomic mass is 35.5. The maximum absolute atomic E-state index is 11.8. The molecule has 2 rings (SSSR count). The number of methoxy groups -OCH3 is 1. The highest BCUT2D eigenvalue weighted by Gasteiger charge is 2.36. The molecule has 0 aliphatic carbocycles. The van der Waals surface area contributed by atoms with Crippen LogP contribution in [0.5, 0.6) is 0 Å². The minimum absolute atomic E-state index is 0.103. The molecule has 1 fully saturated rings. The van der Waals surface area contributed by atoms with E-state index < -0.39 is 5.92 Å². The van der Waals surface area contributed by atoms with Crippen molar-refractivity contribution in [2.75, 3.05) is 18.6 Å². The molecule has 0 N–H and O–H groups in total. The molecular weight excluding hydrogens is 242 g/mol. The first kappa shape index (κ1) is 11.9. The maximum Gasteiger partial charge on any atom is 0.311 e. The molecule has 1 saturated heterocycles. The first-order chi connectivity index (χ1) is 8.13. The molecule has 1 atom stereocenters. The van der Waals surface area contributed by atoms with Crippen molar-refractivity contribution < 1.29 is 14.3 Å². The molecule has 17 heavy (non-hydrogen) atoms. The van der Waals surface area contributed by atoms with E-state index in [-0.39, 0.29) is 18.3 Å². The van der Waals surface area contributed by atoms with E-state index in [0.29, 0.717) is 17.3 Å². The molecule has 0 bridgehead atoms. The fourth-order valence-electron chi connectivity index (χ4n) is 1.94. The summed E-state index contributed by atoms with van der Waals surface area (Å²) in [5.74, 6) is -0.856. The second-order valence-corrected chi connectivity index (χ2v) is 4.29. The van der Waals surface area contributed by atoms with Crippen LogP contribution in [0, 0.1) is 5.92 Å². The molecule has 90 valence electrons. The van der Waals surface area contributed by atoms with Gasteiger partial charge in [-0.1, -0.05) is 23.7 Å². The third kappa shape index (κ3) is 2.26. The highest BCUT2D eigenvalue weighted by Crippen LogP contribution is 2.31. The maximum atomic E-state index is 11.8. The number of hydrogen-bond donors (Lipinski definition) is 0. The summed E-state index contributed by atoms with van der Waals surface area (Å²) in [7, 11) is 1.32. The van der Waals surface area contributed by atoms with Crippen molar-refractivity contribution in [1.82, 2.24) is 0 Å². The quantitative estimate of drug-likeness (QED) is 0.756. The molecule has 1 aliphatic rings. The largest absolute Gasteiger partial charge is 0.469 e. The van der Waals surface area contributed by atoms with Gasteiger partial charge in [-0.3, -0.25) is 9.59 Å². The van der Waals surface area contributed by atoms with Gasteiger partial charge in [0.05, 0.1) is 23.7 Å². The number of rotatable bonds is 2. The van der Waals surface area contributed by atoms with Crippen LogP contribution in [-0.2, 0) is 14.3 Å². The Bertz CT molecular complexity index is 461. The summed E-state index contributed by atoms with van der Waals surface area (Å²) in [6, 6.07) is 7.08. The number of esters is 1. The van der Waals surface area contributed by atoms with Gasteiger partial charge in [-0.05, 0) is 12.1 Å². The molecule has 1 amide bonds. The van der Waals surface area contributed by atoms with Gasteiger partial charge in [-0.25, -0.2) is 0 Å². The zero-order chi connectivity index (χ0) is 12.4. The van der Waals surface area contributed by atoms with Crippen LogP contribution in [0.4, 0.5) is 5.69 Å². The first-order valence-electron chi connectivity index (χ1n) is 5.26. The number of carbonyl (C=O) groups is 2. The van der Waals surface area contributed by atoms with Crippen molar-refractivity contribution in [2.45, 2.75) is 6.42 Å². The van der Waals surface area contributed by atoms with Crippen LogP contribution in [0.2, 0.25) is 5.02 Å². The Morgan fingerprint density at radius 1 is 1.47 bits per heavy atom. The second kappa shape index (κ2) is 4.75. The second-order valence-electron chi connectivity index (χ2n) is 3.88. The SMILES string of the molecule is COC(=O)[C@@H]1CC(=O)N(c2ccccc2Cl)C1. The summed E-state index contributed by atoms with van der Waals surface area (Å²) in [6.07, 6.45) is 0.178. The Morgan fingerprint density at radius 3 is 2.82 bits per heavy atom. The summed E-state index contributed by atoms with van der Waals surface area (Å²) in [5.41, 5.74) is 0.644. The molecule has 1 aromatic rings. The van der Waals surface area contributed by atoms with Crippen molar-refractivity contribution in [1.29, 1.82) is 0 Å². The van der Waals surface area contributed by atoms with Crippen molar-refractivity contribution in [3.8, 4) is 0 Å². The number of benzene rings is 1. The molecule has 0 unspecified atom stereocenters. The van der Waals surface area contributed by atoms with E-state index in [2.05, 4.69) is 4.74 Å². The van der Waals surface area contributed by atoms with Gasteiger partial charge in [0.1, 0.15) is 0 Å². The van der Waals surface area contributed by atoms with E-state index in [1.54, 1.807) is 24.3 Å². The Labute approximate surface area is 104 Å². The fourth-order valence-corrected chi connectivity index (χ4v) is 2.17. The number of amides is 1. The van der Waals surface area contributed by atoms with Gasteiger partial charge in [0.2, 0.25) is 5.91 Å². The molecule has 1 aliphatic heterocycles. The Morgan fingerprint density at radius 2 is 2.18 bits per heavy atom. The van der Waals surface area contributed by atoms with Gasteiger partial charge in [0.25, 0.3) is 0 Å². The van der Waals surface area contributed by atoms with Crippen molar-refractivity contribution in [3.63, 3.8) is 0 Å². The Kier molecular flexibility index (Phi) is 3.33. The lowest BCUT2D eigenvalue weighted by Crippen LogP contribution is -2.26. The van der Waals surface area contributed by atoms with Gasteiger partial charge in [0.15, 0.2) is 0 Å². The number of carbonyl (C=O) groups excluding carboxylic acids is 2. The molecule has 0 saturated carbocycles. The zero-order valence-corrected chi connectivity index (χ0v) is 10.1. The van der Waals surface area contributed by atoms with Crippen molar-refractivity contribution in [2.24, 2.45) is 5.92 Å². The average molecular weight is 254 g/mol. The number of ether oxygens (including phenoxy) is 1. The van der Waals surface area contributed by atoms with E-state index >= 15 is 0 Å². The summed E-state index contributed by atoms with van der Waals surface area (Å²) in [6.45, 7) is 0.329. The molecule has 1 aromatic carbocycles. The van der Waals surface area contributed by atoms with Crippen molar-refractivity contribution >= 4 is 29.2 Å². The van der Waals surface area contributed by atoms with Gasteiger partial charge in [-0.2, -0.15) is 0 Å². The third-order valence-electron chi connectivity index (χ3n) is 2.80. The molecule has 5 heteroatoms. The molecule has 0 spiro atoms. The van der Waals surface area contributed by atoms with E-state index in [1.165, 1.54) is 12.0 Å². The van der Waals surface area contributed by atoms with Gasteiger partial charge in [0, 0.05) is 13.0 Å². The predicted molar refractivity (Wildman–Crippen MR) is 63.9 cm³/mol. The van der Waals surface area contributed by atoms with Crippen LogP contribution in [-0.4, -0.2) is 25.5 Å². The smallest absolute Gasteiger partial charge is 0.311 e. The van der Waals surface area contributed by atoms with E-state index in [4.69, 9.17) is 11.6 Å². The van der Waals surface area contributed by atoms with Crippen LogP contribution in [0.25, 0.3) is 0 Å². The van der Waals surface area contributed by atoms with Crippen molar-refractivity contribution in [3.05, 3.63) is 29.3 Å². The normalized spacial score (nSPS) is 19.5. The molecule has 0 aromatic heterocycles. The molecule has 0 radical (unpaired) electrons. The number of para-hydroxylation sites is 1. The van der Waals surface area contributed by atoms with E-state index in [1.807, 2.05) is 0 Å². The minimum Gasteiger partial charge on any atom is -0.469 e. The number of nitrogens with zero attached hydrogens (tertiary/aromatic N) is 1. The monoisotopic (exact) mass is 253 g/mol. The average Bonchev–Trinajstić information content (AvgIpc) is 2.71. The zero-order valence-electron chi connectivity index (χ0n) is 9.35. The van der Waals surface area contributed by atoms with Crippen LogP contribution >= 0.6 is 11.6 Å². The van der Waals surface area contributed by atoms with E-state index in [0.717, 1.165) is 0 Å². The Hall–Kier alpha value is -1.55. The van der Waals surface area contributed by atoms with Crippen LogP contribution in [0.1, 0.15) is 6.42 Å². The van der Waals surface area contributed by atoms with Gasteiger partial charge < -0.3 is 9.64 Å². The fraction of sp³-hybridized carbons (Fsp3) is 0.333. The standard InChI is InChI=1S/C12H12ClNO3/c1-17-12(16)8-6-11(15)14(7-8)10-5-3-2-4-9(10)13/h2-5,8H,6-7H2,1H3/t8-/m1/s1. The summed E-state index contributed by atoms with van der Waals surface area (Å²) < 4.78 is 4.65. The first-order valence-corrected chi connectivity index (χ1v) is 5.64. The number of halogens is 1. The van der Waals surface area contributed by atoms with Gasteiger partial charge in [-0.15, -0.1) is 0 Å².